The highest BCUT2D eigenvalue weighted by molar-refractivity contribution is 7.90. The molecular weight excluding hydrogens is 606 g/mol. The van der Waals surface area contributed by atoms with Gasteiger partial charge in [-0.1, -0.05) is 29.8 Å². The van der Waals surface area contributed by atoms with Gasteiger partial charge < -0.3 is 25.2 Å². The zero-order valence-corrected chi connectivity index (χ0v) is 26.0. The molecule has 2 aliphatic heterocycles. The number of nitrogens with zero attached hydrogens (tertiary/aromatic N) is 1. The molecule has 2 bridgehead atoms. The Balaban J connectivity index is 1.39. The Labute approximate surface area is 262 Å². The van der Waals surface area contributed by atoms with Crippen molar-refractivity contribution in [2.75, 3.05) is 31.2 Å². The van der Waals surface area contributed by atoms with E-state index in [0.717, 1.165) is 32.1 Å². The molecule has 1 spiro atoms. The summed E-state index contributed by atoms with van der Waals surface area (Å²) in [4.78, 5) is 26.9. The Morgan fingerprint density at radius 1 is 1.20 bits per heavy atom. The van der Waals surface area contributed by atoms with Crippen LogP contribution in [0.2, 0.25) is 5.02 Å². The molecule has 2 aliphatic carbocycles. The lowest BCUT2D eigenvalue weighted by atomic mass is 9.68. The topological polar surface area (TPSA) is 148 Å². The molecule has 1 fully saturated rings. The quantitative estimate of drug-likeness (QED) is 0.415. The molecule has 2 amide bonds. The minimum absolute atomic E-state index is 0.0457. The molecule has 2 aromatic rings. The van der Waals surface area contributed by atoms with Crippen LogP contribution in [0.4, 0.5) is 10.5 Å². The molecule has 236 valence electrons. The second-order valence-electron chi connectivity index (χ2n) is 12.5. The SMILES string of the molecule is NC(=O)OC[C@@H]1CC/C=C/[C@H](O)[C@@H]2CC[C@H]2CN2C[C@@]3(CCCc4cc(Cl)ccc43)COc3ccc(cc32)C(=O)NS1(=O)=O. The molecule has 12 heteroatoms. The molecule has 2 aromatic carbocycles. The molecule has 0 aromatic heterocycles. The van der Waals surface area contributed by atoms with E-state index in [1.165, 1.54) is 11.1 Å². The second-order valence-corrected chi connectivity index (χ2v) is 14.9. The number of nitrogens with one attached hydrogen (secondary N) is 1. The number of nitrogens with two attached hydrogens (primary N) is 1. The van der Waals surface area contributed by atoms with Gasteiger partial charge in [0, 0.05) is 29.1 Å². The van der Waals surface area contributed by atoms with Crippen molar-refractivity contribution >= 4 is 39.3 Å². The standard InChI is InChI=1S/C32H38ClN3O7S/c33-23-9-11-26-20(14-23)4-3-13-32(26)18-36-16-22-7-10-25(22)28(37)6-2-1-5-24(17-42-31(34)39)44(40,41)35-30(38)21-8-12-29(43-19-32)27(36)15-21/h2,6,8-9,11-12,14-15,22,24-25,28,37H,1,3-5,7,10,13,16-19H2,(H2,34,39)(H,35,38)/b6-2+/t22-,24-,25+,28-,32-/m0/s1. The molecule has 0 unspecified atom stereocenters. The first-order valence-electron chi connectivity index (χ1n) is 15.2. The Morgan fingerprint density at radius 3 is 2.82 bits per heavy atom. The number of carbonyl (C=O) groups is 2. The van der Waals surface area contributed by atoms with Gasteiger partial charge in [0.05, 0.1) is 18.4 Å². The smallest absolute Gasteiger partial charge is 0.404 e. The van der Waals surface area contributed by atoms with Crippen LogP contribution in [0.25, 0.3) is 0 Å². The molecule has 2 heterocycles. The maximum Gasteiger partial charge on any atom is 0.404 e. The average molecular weight is 644 g/mol. The number of halogens is 1. The molecule has 44 heavy (non-hydrogen) atoms. The van der Waals surface area contributed by atoms with Crippen molar-refractivity contribution in [3.63, 3.8) is 0 Å². The number of sulfonamides is 1. The van der Waals surface area contributed by atoms with Gasteiger partial charge in [-0.2, -0.15) is 0 Å². The fourth-order valence-electron chi connectivity index (χ4n) is 7.24. The fourth-order valence-corrected chi connectivity index (χ4v) is 8.68. The van der Waals surface area contributed by atoms with Crippen molar-refractivity contribution < 1.29 is 32.6 Å². The van der Waals surface area contributed by atoms with Crippen LogP contribution in [0, 0.1) is 11.8 Å². The summed E-state index contributed by atoms with van der Waals surface area (Å²) >= 11 is 6.37. The van der Waals surface area contributed by atoms with E-state index in [9.17, 15) is 23.1 Å². The van der Waals surface area contributed by atoms with Crippen LogP contribution in [0.15, 0.2) is 48.6 Å². The van der Waals surface area contributed by atoms with Crippen molar-refractivity contribution in [2.45, 2.75) is 61.7 Å². The van der Waals surface area contributed by atoms with Gasteiger partial charge in [0.25, 0.3) is 5.91 Å². The van der Waals surface area contributed by atoms with E-state index in [2.05, 4.69) is 15.7 Å². The van der Waals surface area contributed by atoms with Crippen molar-refractivity contribution in [3.05, 3.63) is 70.3 Å². The van der Waals surface area contributed by atoms with E-state index in [4.69, 9.17) is 26.8 Å². The Kier molecular flexibility index (Phi) is 8.56. The van der Waals surface area contributed by atoms with Crippen LogP contribution < -0.4 is 20.1 Å². The van der Waals surface area contributed by atoms with Crippen LogP contribution in [0.1, 0.15) is 60.0 Å². The number of ether oxygens (including phenoxy) is 2. The van der Waals surface area contributed by atoms with Crippen molar-refractivity contribution in [3.8, 4) is 5.75 Å². The van der Waals surface area contributed by atoms with Crippen LogP contribution in [0.3, 0.4) is 0 Å². The van der Waals surface area contributed by atoms with E-state index in [0.29, 0.717) is 42.6 Å². The number of fused-ring (bicyclic) bond motifs is 4. The predicted molar refractivity (Wildman–Crippen MR) is 167 cm³/mol. The number of carbonyl (C=O) groups excluding carboxylic acids is 2. The van der Waals surface area contributed by atoms with Gasteiger partial charge in [-0.3, -0.25) is 4.79 Å². The average Bonchev–Trinajstić information content (AvgIpc) is 3.10. The maximum atomic E-state index is 13.4. The first kappa shape index (κ1) is 30.7. The van der Waals surface area contributed by atoms with Gasteiger partial charge in [-0.25, -0.2) is 17.9 Å². The summed E-state index contributed by atoms with van der Waals surface area (Å²) < 4.78 is 40.1. The number of hydrogen-bond acceptors (Lipinski definition) is 8. The first-order chi connectivity index (χ1) is 21.0. The third kappa shape index (κ3) is 6.14. The lowest BCUT2D eigenvalue weighted by Gasteiger charge is -2.45. The van der Waals surface area contributed by atoms with Crippen LogP contribution in [0.5, 0.6) is 5.75 Å². The van der Waals surface area contributed by atoms with Gasteiger partial charge in [0.1, 0.15) is 17.6 Å². The number of allylic oxidation sites excluding steroid dienone is 1. The summed E-state index contributed by atoms with van der Waals surface area (Å²) in [5.74, 6) is 0.0957. The zero-order chi connectivity index (χ0) is 31.1. The number of hydrogen-bond donors (Lipinski definition) is 3. The van der Waals surface area contributed by atoms with Crippen LogP contribution in [-0.4, -0.2) is 63.2 Å². The summed E-state index contributed by atoms with van der Waals surface area (Å²) in [6.45, 7) is 1.25. The first-order valence-corrected chi connectivity index (χ1v) is 17.1. The Hall–Kier alpha value is -3.28. The van der Waals surface area contributed by atoms with Gasteiger partial charge in [0.15, 0.2) is 0 Å². The summed E-state index contributed by atoms with van der Waals surface area (Å²) in [6, 6.07) is 11.0. The molecule has 0 saturated heterocycles. The molecule has 6 rings (SSSR count). The molecule has 4 aliphatic rings. The number of rotatable bonds is 2. The van der Waals surface area contributed by atoms with E-state index in [1.807, 2.05) is 12.1 Å². The number of benzene rings is 2. The number of primary amides is 1. The van der Waals surface area contributed by atoms with Gasteiger partial charge >= 0.3 is 6.09 Å². The summed E-state index contributed by atoms with van der Waals surface area (Å²) in [6.07, 6.45) is 6.75. The maximum absolute atomic E-state index is 13.4. The van der Waals surface area contributed by atoms with Crippen molar-refractivity contribution in [1.82, 2.24) is 4.72 Å². The van der Waals surface area contributed by atoms with Crippen molar-refractivity contribution in [1.29, 1.82) is 0 Å². The highest BCUT2D eigenvalue weighted by atomic mass is 35.5. The Morgan fingerprint density at radius 2 is 2.05 bits per heavy atom. The molecule has 5 atom stereocenters. The van der Waals surface area contributed by atoms with E-state index in [-0.39, 0.29) is 29.2 Å². The Bertz CT molecular complexity index is 1580. The van der Waals surface area contributed by atoms with E-state index >= 15 is 0 Å². The molecular formula is C32H38ClN3O7S. The van der Waals surface area contributed by atoms with E-state index in [1.54, 1.807) is 30.4 Å². The van der Waals surface area contributed by atoms with E-state index < -0.39 is 40.0 Å². The zero-order valence-electron chi connectivity index (χ0n) is 24.4. The van der Waals surface area contributed by atoms with Crippen molar-refractivity contribution in [2.24, 2.45) is 17.6 Å². The fraction of sp³-hybridized carbons (Fsp3) is 0.500. The second kappa shape index (κ2) is 12.3. The minimum atomic E-state index is -4.25. The van der Waals surface area contributed by atoms with Gasteiger partial charge in [-0.15, -0.1) is 0 Å². The normalized spacial score (nSPS) is 30.4. The number of amides is 2. The lowest BCUT2D eigenvalue weighted by molar-refractivity contribution is 0.0456. The number of aliphatic hydroxyl groups excluding tert-OH is 1. The van der Waals surface area contributed by atoms with Crippen LogP contribution in [-0.2, 0) is 26.6 Å². The molecule has 4 N–H and O–H groups in total. The summed E-state index contributed by atoms with van der Waals surface area (Å²) in [5.41, 5.74) is 8.10. The monoisotopic (exact) mass is 643 g/mol. The number of aliphatic hydroxyl groups is 1. The van der Waals surface area contributed by atoms with Gasteiger partial charge in [-0.05, 0) is 98.2 Å². The highest BCUT2D eigenvalue weighted by Crippen LogP contribution is 2.46. The lowest BCUT2D eigenvalue weighted by Crippen LogP contribution is -2.49. The predicted octanol–water partition coefficient (Wildman–Crippen LogP) is 4.07. The number of aryl methyl sites for hydroxylation is 1. The molecule has 0 radical (unpaired) electrons. The van der Waals surface area contributed by atoms with Crippen LogP contribution >= 0.6 is 11.6 Å². The molecule has 1 saturated carbocycles. The number of anilines is 1. The summed E-state index contributed by atoms with van der Waals surface area (Å²) in [7, 11) is -4.25. The van der Waals surface area contributed by atoms with Gasteiger partial charge in [0.2, 0.25) is 10.0 Å². The third-order valence-electron chi connectivity index (χ3n) is 9.74. The highest BCUT2D eigenvalue weighted by Gasteiger charge is 2.44. The minimum Gasteiger partial charge on any atom is -0.490 e. The summed E-state index contributed by atoms with van der Waals surface area (Å²) in [5, 5.41) is 10.6. The largest absolute Gasteiger partial charge is 0.490 e. The third-order valence-corrected chi connectivity index (χ3v) is 11.7. The molecule has 10 nitrogen and oxygen atoms in total.